The number of carbonyl (C=O) groups is 1. The summed E-state index contributed by atoms with van der Waals surface area (Å²) >= 11 is 0. The number of nitrogens with zero attached hydrogens (tertiary/aromatic N) is 3. The van der Waals surface area contributed by atoms with Crippen LogP contribution in [0.5, 0.6) is 11.6 Å². The third-order valence-electron chi connectivity index (χ3n) is 6.13. The lowest BCUT2D eigenvalue weighted by Crippen LogP contribution is -2.49. The molecule has 0 amide bonds. The molecule has 0 spiro atoms. The number of carboxylic acid groups (broad SMARTS) is 1. The number of H-pyrrole nitrogens is 1. The predicted octanol–water partition coefficient (Wildman–Crippen LogP) is 3.41. The van der Waals surface area contributed by atoms with Gasteiger partial charge in [0.15, 0.2) is 0 Å². The Hall–Kier alpha value is -3.24. The van der Waals surface area contributed by atoms with Crippen LogP contribution in [0.25, 0.3) is 10.9 Å². The van der Waals surface area contributed by atoms with Crippen LogP contribution in [0.1, 0.15) is 33.2 Å². The van der Waals surface area contributed by atoms with Gasteiger partial charge in [0, 0.05) is 48.8 Å². The number of benzene rings is 1. The van der Waals surface area contributed by atoms with E-state index < -0.39 is 24.3 Å². The van der Waals surface area contributed by atoms with Gasteiger partial charge in [-0.2, -0.15) is 0 Å². The van der Waals surface area contributed by atoms with Gasteiger partial charge in [0.25, 0.3) is 6.43 Å². The van der Waals surface area contributed by atoms with Gasteiger partial charge in [-0.15, -0.1) is 0 Å². The average Bonchev–Trinajstić information content (AvgIpc) is 3.26. The first-order chi connectivity index (χ1) is 15.8. The van der Waals surface area contributed by atoms with Crippen molar-refractivity contribution in [2.24, 2.45) is 0 Å². The summed E-state index contributed by atoms with van der Waals surface area (Å²) in [5.74, 6) is -1.15. The van der Waals surface area contributed by atoms with Crippen molar-refractivity contribution in [1.29, 1.82) is 0 Å². The minimum atomic E-state index is -2.47. The number of nitrogens with one attached hydrogen (secondary N) is 1. The number of aromatic hydroxyl groups is 1. The van der Waals surface area contributed by atoms with Gasteiger partial charge in [-0.3, -0.25) is 9.80 Å². The van der Waals surface area contributed by atoms with E-state index in [4.69, 9.17) is 4.74 Å². The summed E-state index contributed by atoms with van der Waals surface area (Å²) < 4.78 is 31.8. The molecule has 1 aliphatic heterocycles. The number of fused-ring (bicyclic) bond motifs is 1. The van der Waals surface area contributed by atoms with Crippen LogP contribution in [0.3, 0.4) is 0 Å². The zero-order valence-corrected chi connectivity index (χ0v) is 18.4. The van der Waals surface area contributed by atoms with Crippen molar-refractivity contribution in [2.75, 3.05) is 33.3 Å². The Bertz CT molecular complexity index is 1170. The Morgan fingerprint density at radius 2 is 2.12 bits per heavy atom. The summed E-state index contributed by atoms with van der Waals surface area (Å²) in [5.41, 5.74) is 3.12. The number of hydrogen-bond acceptors (Lipinski definition) is 6. The minimum absolute atomic E-state index is 0.271. The second-order valence-corrected chi connectivity index (χ2v) is 8.19. The first kappa shape index (κ1) is 22.9. The van der Waals surface area contributed by atoms with Crippen LogP contribution in [0.4, 0.5) is 8.78 Å². The topological polar surface area (TPSA) is 102 Å². The molecular weight excluding hydrogens is 434 g/mol. The molecule has 0 radical (unpaired) electrons. The van der Waals surface area contributed by atoms with E-state index in [-0.39, 0.29) is 18.7 Å². The van der Waals surface area contributed by atoms with E-state index in [1.807, 2.05) is 25.3 Å². The van der Waals surface area contributed by atoms with E-state index in [9.17, 15) is 23.8 Å². The van der Waals surface area contributed by atoms with E-state index in [1.54, 1.807) is 12.0 Å². The minimum Gasteiger partial charge on any atom is -0.496 e. The zero-order chi connectivity index (χ0) is 23.7. The molecule has 3 heterocycles. The number of halogens is 2. The summed E-state index contributed by atoms with van der Waals surface area (Å²) in [6.45, 7) is 3.31. The molecule has 1 atom stereocenters. The monoisotopic (exact) mass is 460 g/mol. The van der Waals surface area contributed by atoms with E-state index in [2.05, 4.69) is 14.9 Å². The highest BCUT2D eigenvalue weighted by Crippen LogP contribution is 2.35. The Balaban J connectivity index is 1.71. The summed E-state index contributed by atoms with van der Waals surface area (Å²) in [4.78, 5) is 22.4. The quantitative estimate of drug-likeness (QED) is 0.497. The highest BCUT2D eigenvalue weighted by molar-refractivity contribution is 5.90. The van der Waals surface area contributed by atoms with Crippen molar-refractivity contribution < 1.29 is 28.5 Å². The number of carboxylic acids is 1. The van der Waals surface area contributed by atoms with E-state index in [1.165, 1.54) is 12.1 Å². The van der Waals surface area contributed by atoms with Gasteiger partial charge in [-0.05, 0) is 36.8 Å². The largest absolute Gasteiger partial charge is 0.496 e. The second kappa shape index (κ2) is 9.32. The Labute approximate surface area is 189 Å². The maximum Gasteiger partial charge on any atom is 0.341 e. The number of alkyl halides is 2. The van der Waals surface area contributed by atoms with Crippen LogP contribution >= 0.6 is 0 Å². The van der Waals surface area contributed by atoms with Crippen molar-refractivity contribution in [3.63, 3.8) is 0 Å². The van der Waals surface area contributed by atoms with Gasteiger partial charge in [0.1, 0.15) is 11.3 Å². The number of piperazine rings is 1. The molecule has 3 aromatic rings. The molecular formula is C23H26F2N4O4. The molecule has 1 saturated heterocycles. The van der Waals surface area contributed by atoms with Crippen molar-refractivity contribution in [3.05, 3.63) is 52.8 Å². The lowest BCUT2D eigenvalue weighted by Gasteiger charge is -2.41. The molecule has 1 aromatic carbocycles. The summed E-state index contributed by atoms with van der Waals surface area (Å²) in [7, 11) is 1.61. The Morgan fingerprint density at radius 1 is 1.33 bits per heavy atom. The van der Waals surface area contributed by atoms with Crippen LogP contribution in [0.15, 0.2) is 30.5 Å². The molecule has 1 aliphatic rings. The highest BCUT2D eigenvalue weighted by atomic mass is 19.3. The maximum atomic E-state index is 13.1. The van der Waals surface area contributed by atoms with Gasteiger partial charge in [-0.1, -0.05) is 0 Å². The molecule has 0 saturated carbocycles. The second-order valence-electron chi connectivity index (χ2n) is 8.19. The maximum absolute atomic E-state index is 13.1. The molecule has 10 heteroatoms. The number of aromatic nitrogens is 2. The zero-order valence-electron chi connectivity index (χ0n) is 18.4. The van der Waals surface area contributed by atoms with Crippen LogP contribution in [0, 0.1) is 6.92 Å². The normalized spacial score (nSPS) is 17.7. The molecule has 4 rings (SSSR count). The molecule has 0 bridgehead atoms. The van der Waals surface area contributed by atoms with Crippen LogP contribution in [0.2, 0.25) is 0 Å². The number of aryl methyl sites for hydroxylation is 1. The van der Waals surface area contributed by atoms with Gasteiger partial charge in [0.2, 0.25) is 5.88 Å². The molecule has 1 fully saturated rings. The van der Waals surface area contributed by atoms with Crippen LogP contribution < -0.4 is 4.74 Å². The number of pyridine rings is 1. The number of ether oxygens (including phenoxy) is 1. The predicted molar refractivity (Wildman–Crippen MR) is 118 cm³/mol. The molecule has 176 valence electrons. The number of rotatable bonds is 7. The molecule has 33 heavy (non-hydrogen) atoms. The van der Waals surface area contributed by atoms with Crippen molar-refractivity contribution in [2.45, 2.75) is 25.9 Å². The summed E-state index contributed by atoms with van der Waals surface area (Å²) in [6, 6.07) is 6.34. The first-order valence-corrected chi connectivity index (χ1v) is 10.6. The summed E-state index contributed by atoms with van der Waals surface area (Å²) in [5, 5.41) is 20.3. The first-order valence-electron chi connectivity index (χ1n) is 10.6. The number of aromatic carboxylic acids is 1. The molecule has 2 aromatic heterocycles. The molecule has 3 N–H and O–H groups in total. The van der Waals surface area contributed by atoms with E-state index in [0.29, 0.717) is 25.3 Å². The highest BCUT2D eigenvalue weighted by Gasteiger charge is 2.32. The smallest absolute Gasteiger partial charge is 0.341 e. The molecule has 0 unspecified atom stereocenters. The van der Waals surface area contributed by atoms with Crippen molar-refractivity contribution in [3.8, 4) is 11.6 Å². The van der Waals surface area contributed by atoms with Gasteiger partial charge in [0.05, 0.1) is 25.4 Å². The van der Waals surface area contributed by atoms with Crippen LogP contribution in [-0.2, 0) is 6.54 Å². The van der Waals surface area contributed by atoms with Gasteiger partial charge in [-0.25, -0.2) is 18.6 Å². The van der Waals surface area contributed by atoms with Crippen LogP contribution in [-0.4, -0.2) is 75.7 Å². The lowest BCUT2D eigenvalue weighted by molar-refractivity contribution is 0.0231. The lowest BCUT2D eigenvalue weighted by atomic mass is 10.0. The Kier molecular flexibility index (Phi) is 6.48. The number of aromatic amines is 1. The fourth-order valence-corrected chi connectivity index (χ4v) is 4.51. The fraction of sp³-hybridized carbons (Fsp3) is 0.391. The fourth-order valence-electron chi connectivity index (χ4n) is 4.51. The number of methoxy groups -OCH3 is 1. The van der Waals surface area contributed by atoms with Crippen molar-refractivity contribution in [1.82, 2.24) is 19.8 Å². The summed E-state index contributed by atoms with van der Waals surface area (Å²) in [6.07, 6.45) is -0.604. The van der Waals surface area contributed by atoms with Crippen molar-refractivity contribution >= 4 is 16.9 Å². The SMILES string of the molecule is COc1cc(C)c2[nH]ccc2c1CN1CCN(CC(F)F)C[C@@H]1c1ccc(C(=O)O)c(O)n1. The standard InChI is InChI=1S/C23H26F2N4O4/c1-13-9-19(33-2)16(14-5-6-26-21(13)14)10-29-8-7-28(12-20(24)25)11-18(29)17-4-3-15(23(31)32)22(30)27-17/h3-6,9,18,20,26H,7-8,10-12H2,1-2H3,(H,27,30)(H,31,32)/t18-/m1/s1. The third kappa shape index (κ3) is 4.62. The molecule has 0 aliphatic carbocycles. The van der Waals surface area contributed by atoms with E-state index >= 15 is 0 Å². The third-order valence-corrected chi connectivity index (χ3v) is 6.13. The number of hydrogen-bond donors (Lipinski definition) is 3. The molecule has 8 nitrogen and oxygen atoms in total. The van der Waals surface area contributed by atoms with Gasteiger partial charge >= 0.3 is 5.97 Å². The van der Waals surface area contributed by atoms with E-state index in [0.717, 1.165) is 27.8 Å². The Morgan fingerprint density at radius 3 is 2.79 bits per heavy atom. The average molecular weight is 460 g/mol. The van der Waals surface area contributed by atoms with Gasteiger partial charge < -0.3 is 19.9 Å².